The van der Waals surface area contributed by atoms with Gasteiger partial charge in [0.15, 0.2) is 0 Å². The lowest BCUT2D eigenvalue weighted by atomic mass is 10.3. The lowest BCUT2D eigenvalue weighted by molar-refractivity contribution is -0.116. The predicted molar refractivity (Wildman–Crippen MR) is 82.4 cm³/mol. The topological polar surface area (TPSA) is 119 Å². The number of primary sulfonamides is 1. The van der Waals surface area contributed by atoms with E-state index in [9.17, 15) is 18.0 Å². The van der Waals surface area contributed by atoms with Gasteiger partial charge in [0.1, 0.15) is 17.2 Å². The molecule has 1 fully saturated rings. The molecule has 1 heterocycles. The van der Waals surface area contributed by atoms with E-state index in [1.807, 2.05) is 0 Å². The van der Waals surface area contributed by atoms with Gasteiger partial charge in [-0.2, -0.15) is 0 Å². The van der Waals surface area contributed by atoms with Gasteiger partial charge in [0.25, 0.3) is 5.24 Å². The Kier molecular flexibility index (Phi) is 4.94. The van der Waals surface area contributed by atoms with Crippen LogP contribution in [0.4, 0.5) is 10.5 Å². The molecule has 1 saturated heterocycles. The summed E-state index contributed by atoms with van der Waals surface area (Å²) in [5.74, 6) is 0.331. The van der Waals surface area contributed by atoms with E-state index in [1.54, 1.807) is 0 Å². The second-order valence-corrected chi connectivity index (χ2v) is 7.07. The number of benzene rings is 1. The van der Waals surface area contributed by atoms with Crippen molar-refractivity contribution < 1.29 is 22.7 Å². The number of hydrogen-bond acceptors (Lipinski definition) is 6. The van der Waals surface area contributed by atoms with Crippen molar-refractivity contribution in [2.45, 2.75) is 4.90 Å². The number of sulfonamides is 1. The zero-order valence-corrected chi connectivity index (χ0v) is 13.4. The summed E-state index contributed by atoms with van der Waals surface area (Å²) >= 11 is 1.16. The molecule has 120 valence electrons. The van der Waals surface area contributed by atoms with Crippen LogP contribution in [-0.4, -0.2) is 50.4 Å². The second-order valence-electron chi connectivity index (χ2n) is 4.49. The lowest BCUT2D eigenvalue weighted by Gasteiger charge is -2.15. The summed E-state index contributed by atoms with van der Waals surface area (Å²) in [7, 11) is -2.66. The molecule has 8 nitrogen and oxygen atoms in total. The van der Waals surface area contributed by atoms with E-state index in [0.29, 0.717) is 12.3 Å². The minimum absolute atomic E-state index is 0.0808. The number of amides is 2. The monoisotopic (exact) mass is 345 g/mol. The van der Waals surface area contributed by atoms with Crippen molar-refractivity contribution >= 4 is 38.6 Å². The van der Waals surface area contributed by atoms with Gasteiger partial charge in [-0.25, -0.2) is 13.6 Å². The normalized spacial score (nSPS) is 15.0. The summed E-state index contributed by atoms with van der Waals surface area (Å²) in [6, 6.07) is 4.10. The first-order valence-electron chi connectivity index (χ1n) is 6.23. The van der Waals surface area contributed by atoms with Crippen LogP contribution in [0.1, 0.15) is 0 Å². The number of carbonyl (C=O) groups is 2. The van der Waals surface area contributed by atoms with Gasteiger partial charge in [0.05, 0.1) is 7.11 Å². The standard InChI is InChI=1S/C12H15N3O5S2/c1-20-9-3-2-8(6-10(9)22(13,18)19)14-11(16)7-15-4-5-21-12(15)17/h2-3,6H,4-5,7H2,1H3,(H,14,16)(H2,13,18,19). The number of hydrogen-bond donors (Lipinski definition) is 2. The molecule has 0 aromatic heterocycles. The second kappa shape index (κ2) is 6.55. The Balaban J connectivity index is 2.13. The largest absolute Gasteiger partial charge is 0.495 e. The molecule has 0 saturated carbocycles. The minimum atomic E-state index is -3.98. The Morgan fingerprint density at radius 1 is 1.50 bits per heavy atom. The van der Waals surface area contributed by atoms with Crippen LogP contribution in [-0.2, 0) is 14.8 Å². The molecule has 3 N–H and O–H groups in total. The molecule has 2 rings (SSSR count). The molecule has 1 aliphatic heterocycles. The van der Waals surface area contributed by atoms with Crippen molar-refractivity contribution in [2.24, 2.45) is 5.14 Å². The summed E-state index contributed by atoms with van der Waals surface area (Å²) < 4.78 is 27.9. The molecule has 0 bridgehead atoms. The molecule has 10 heteroatoms. The van der Waals surface area contributed by atoms with Crippen LogP contribution in [0.3, 0.4) is 0 Å². The number of nitrogens with one attached hydrogen (secondary N) is 1. The average Bonchev–Trinajstić information content (AvgIpc) is 2.83. The number of carbonyl (C=O) groups excluding carboxylic acids is 2. The highest BCUT2D eigenvalue weighted by atomic mass is 32.2. The molecule has 22 heavy (non-hydrogen) atoms. The molecular weight excluding hydrogens is 330 g/mol. The van der Waals surface area contributed by atoms with Gasteiger partial charge in [0, 0.05) is 18.0 Å². The Morgan fingerprint density at radius 2 is 2.23 bits per heavy atom. The van der Waals surface area contributed by atoms with Crippen LogP contribution < -0.4 is 15.2 Å². The average molecular weight is 345 g/mol. The quantitative estimate of drug-likeness (QED) is 0.800. The highest BCUT2D eigenvalue weighted by Crippen LogP contribution is 2.26. The Labute approximate surface area is 132 Å². The smallest absolute Gasteiger partial charge is 0.282 e. The van der Waals surface area contributed by atoms with Crippen LogP contribution in [0.15, 0.2) is 23.1 Å². The SMILES string of the molecule is COc1ccc(NC(=O)CN2CCSC2=O)cc1S(N)(=O)=O. The van der Waals surface area contributed by atoms with Gasteiger partial charge in [-0.1, -0.05) is 11.8 Å². The molecule has 0 radical (unpaired) electrons. The third kappa shape index (κ3) is 3.90. The van der Waals surface area contributed by atoms with Gasteiger partial charge in [-0.15, -0.1) is 0 Å². The zero-order chi connectivity index (χ0) is 16.3. The van der Waals surface area contributed by atoms with Gasteiger partial charge >= 0.3 is 0 Å². The van der Waals surface area contributed by atoms with E-state index in [-0.39, 0.29) is 28.1 Å². The van der Waals surface area contributed by atoms with E-state index in [2.05, 4.69) is 5.32 Å². The summed E-state index contributed by atoms with van der Waals surface area (Å²) in [5.41, 5.74) is 0.258. The van der Waals surface area contributed by atoms with Crippen molar-refractivity contribution in [2.75, 3.05) is 31.3 Å². The van der Waals surface area contributed by atoms with Crippen LogP contribution >= 0.6 is 11.8 Å². The molecule has 2 amide bonds. The number of anilines is 1. The number of thioether (sulfide) groups is 1. The van der Waals surface area contributed by atoms with Crippen LogP contribution in [0.5, 0.6) is 5.75 Å². The number of ether oxygens (including phenoxy) is 1. The highest BCUT2D eigenvalue weighted by Gasteiger charge is 2.23. The summed E-state index contributed by atoms with van der Waals surface area (Å²) in [4.78, 5) is 24.5. The van der Waals surface area contributed by atoms with Crippen molar-refractivity contribution in [1.82, 2.24) is 4.90 Å². The molecule has 0 atom stereocenters. The highest BCUT2D eigenvalue weighted by molar-refractivity contribution is 8.13. The van der Waals surface area contributed by atoms with Crippen LogP contribution in [0.25, 0.3) is 0 Å². The number of rotatable bonds is 5. The fourth-order valence-electron chi connectivity index (χ4n) is 1.92. The summed E-state index contributed by atoms with van der Waals surface area (Å²) in [6.45, 7) is 0.435. The van der Waals surface area contributed by atoms with Crippen LogP contribution in [0, 0.1) is 0 Å². The minimum Gasteiger partial charge on any atom is -0.495 e. The van der Waals surface area contributed by atoms with Crippen molar-refractivity contribution in [3.8, 4) is 5.75 Å². The molecule has 0 aliphatic carbocycles. The van der Waals surface area contributed by atoms with Crippen molar-refractivity contribution in [1.29, 1.82) is 0 Å². The molecule has 0 spiro atoms. The van der Waals surface area contributed by atoms with Crippen LogP contribution in [0.2, 0.25) is 0 Å². The molecule has 1 aromatic rings. The number of nitrogens with two attached hydrogens (primary N) is 1. The van der Waals surface area contributed by atoms with E-state index < -0.39 is 15.9 Å². The summed E-state index contributed by atoms with van der Waals surface area (Å²) in [6.07, 6.45) is 0. The maximum absolute atomic E-state index is 11.9. The van der Waals surface area contributed by atoms with Gasteiger partial charge in [-0.05, 0) is 18.2 Å². The number of methoxy groups -OCH3 is 1. The first-order valence-corrected chi connectivity index (χ1v) is 8.77. The van der Waals surface area contributed by atoms with E-state index in [0.717, 1.165) is 11.8 Å². The van der Waals surface area contributed by atoms with E-state index in [4.69, 9.17) is 9.88 Å². The maximum Gasteiger partial charge on any atom is 0.282 e. The van der Waals surface area contributed by atoms with Gasteiger partial charge < -0.3 is 15.0 Å². The zero-order valence-electron chi connectivity index (χ0n) is 11.7. The Hall–Kier alpha value is -1.78. The third-order valence-electron chi connectivity index (χ3n) is 2.93. The first kappa shape index (κ1) is 16.6. The predicted octanol–water partition coefficient (Wildman–Crippen LogP) is 0.450. The van der Waals surface area contributed by atoms with Gasteiger partial charge in [-0.3, -0.25) is 9.59 Å². The van der Waals surface area contributed by atoms with E-state index >= 15 is 0 Å². The lowest BCUT2D eigenvalue weighted by Crippen LogP contribution is -2.33. The Morgan fingerprint density at radius 3 is 2.77 bits per heavy atom. The molecular formula is C12H15N3O5S2. The Bertz CT molecular complexity index is 705. The van der Waals surface area contributed by atoms with Gasteiger partial charge in [0.2, 0.25) is 15.9 Å². The maximum atomic E-state index is 11.9. The first-order chi connectivity index (χ1) is 10.3. The van der Waals surface area contributed by atoms with Crippen molar-refractivity contribution in [3.63, 3.8) is 0 Å². The summed E-state index contributed by atoms with van der Waals surface area (Å²) in [5, 5.41) is 7.50. The fraction of sp³-hybridized carbons (Fsp3) is 0.333. The molecule has 1 aromatic carbocycles. The molecule has 1 aliphatic rings. The molecule has 0 unspecified atom stereocenters. The van der Waals surface area contributed by atoms with Crippen molar-refractivity contribution in [3.05, 3.63) is 18.2 Å². The third-order valence-corrected chi connectivity index (χ3v) is 4.76. The number of nitrogens with zero attached hydrogens (tertiary/aromatic N) is 1. The van der Waals surface area contributed by atoms with E-state index in [1.165, 1.54) is 30.2 Å². The fourth-order valence-corrected chi connectivity index (χ4v) is 3.47.